The van der Waals surface area contributed by atoms with Crippen LogP contribution in [-0.4, -0.2) is 7.05 Å². The first-order chi connectivity index (χ1) is 7.10. The molecule has 15 heavy (non-hydrogen) atoms. The van der Waals surface area contributed by atoms with Gasteiger partial charge in [-0.2, -0.15) is 0 Å². The molecule has 0 fully saturated rings. The molecule has 0 saturated carbocycles. The van der Waals surface area contributed by atoms with E-state index in [0.717, 1.165) is 16.5 Å². The maximum absolute atomic E-state index is 12.9. The van der Waals surface area contributed by atoms with E-state index in [9.17, 15) is 4.39 Å². The average Bonchev–Trinajstić information content (AvgIpc) is 2.21. The second-order valence-electron chi connectivity index (χ2n) is 3.82. The van der Waals surface area contributed by atoms with Crippen molar-refractivity contribution in [2.24, 2.45) is 5.92 Å². The van der Waals surface area contributed by atoms with Crippen molar-refractivity contribution in [1.29, 1.82) is 0 Å². The molecule has 2 atom stereocenters. The Morgan fingerprint density at radius 2 is 2.13 bits per heavy atom. The van der Waals surface area contributed by atoms with Crippen LogP contribution in [0.5, 0.6) is 0 Å². The summed E-state index contributed by atoms with van der Waals surface area (Å²) >= 11 is 3.41. The van der Waals surface area contributed by atoms with Crippen LogP contribution in [0.1, 0.15) is 31.9 Å². The molecule has 0 amide bonds. The van der Waals surface area contributed by atoms with E-state index in [2.05, 4.69) is 35.1 Å². The van der Waals surface area contributed by atoms with Gasteiger partial charge in [-0.3, -0.25) is 0 Å². The molecule has 0 aliphatic heterocycles. The van der Waals surface area contributed by atoms with Gasteiger partial charge in [0.05, 0.1) is 0 Å². The predicted octanol–water partition coefficient (Wildman–Crippen LogP) is 3.89. The zero-order chi connectivity index (χ0) is 11.4. The largest absolute Gasteiger partial charge is 0.313 e. The summed E-state index contributed by atoms with van der Waals surface area (Å²) in [6, 6.07) is 5.13. The summed E-state index contributed by atoms with van der Waals surface area (Å²) in [6.07, 6.45) is 1.09. The topological polar surface area (TPSA) is 12.0 Å². The first-order valence-electron chi connectivity index (χ1n) is 5.22. The SMILES string of the molecule is CCC(C)C(NC)c1ccc(F)cc1Br. The third kappa shape index (κ3) is 3.02. The highest BCUT2D eigenvalue weighted by molar-refractivity contribution is 9.10. The van der Waals surface area contributed by atoms with Crippen molar-refractivity contribution in [2.75, 3.05) is 7.05 Å². The van der Waals surface area contributed by atoms with E-state index in [-0.39, 0.29) is 11.9 Å². The summed E-state index contributed by atoms with van der Waals surface area (Å²) < 4.78 is 13.8. The number of hydrogen-bond donors (Lipinski definition) is 1. The molecule has 0 heterocycles. The van der Waals surface area contributed by atoms with Crippen molar-refractivity contribution in [3.05, 3.63) is 34.1 Å². The Labute approximate surface area is 99.2 Å². The Kier molecular flexibility index (Phi) is 4.74. The van der Waals surface area contributed by atoms with Gasteiger partial charge in [0.25, 0.3) is 0 Å². The molecular weight excluding hydrogens is 257 g/mol. The molecule has 1 rings (SSSR count). The van der Waals surface area contributed by atoms with E-state index in [1.54, 1.807) is 0 Å². The summed E-state index contributed by atoms with van der Waals surface area (Å²) in [6.45, 7) is 4.35. The Bertz CT molecular complexity index is 327. The molecule has 0 aromatic heterocycles. The van der Waals surface area contributed by atoms with Crippen molar-refractivity contribution < 1.29 is 4.39 Å². The molecule has 1 N–H and O–H groups in total. The molecule has 1 aromatic carbocycles. The Morgan fingerprint density at radius 1 is 1.47 bits per heavy atom. The van der Waals surface area contributed by atoms with Gasteiger partial charge in [-0.15, -0.1) is 0 Å². The van der Waals surface area contributed by atoms with E-state index in [1.807, 2.05) is 13.1 Å². The van der Waals surface area contributed by atoms with Gasteiger partial charge in [-0.25, -0.2) is 4.39 Å². The second kappa shape index (κ2) is 5.61. The molecular formula is C12H17BrFN. The minimum absolute atomic E-state index is 0.204. The van der Waals surface area contributed by atoms with E-state index >= 15 is 0 Å². The monoisotopic (exact) mass is 273 g/mol. The maximum atomic E-state index is 12.9. The second-order valence-corrected chi connectivity index (χ2v) is 4.67. The van der Waals surface area contributed by atoms with Crippen LogP contribution in [0.3, 0.4) is 0 Å². The van der Waals surface area contributed by atoms with Crippen LogP contribution >= 0.6 is 15.9 Å². The average molecular weight is 274 g/mol. The molecule has 0 bridgehead atoms. The number of halogens is 2. The van der Waals surface area contributed by atoms with Crippen molar-refractivity contribution in [3.8, 4) is 0 Å². The van der Waals surface area contributed by atoms with Crippen LogP contribution in [-0.2, 0) is 0 Å². The van der Waals surface area contributed by atoms with E-state index in [4.69, 9.17) is 0 Å². The highest BCUT2D eigenvalue weighted by Crippen LogP contribution is 2.30. The molecule has 84 valence electrons. The first kappa shape index (κ1) is 12.7. The van der Waals surface area contributed by atoms with Gasteiger partial charge in [0, 0.05) is 10.5 Å². The molecule has 0 spiro atoms. The number of nitrogens with one attached hydrogen (secondary N) is 1. The lowest BCUT2D eigenvalue weighted by Crippen LogP contribution is -2.23. The van der Waals surface area contributed by atoms with Gasteiger partial charge < -0.3 is 5.32 Å². The smallest absolute Gasteiger partial charge is 0.124 e. The lowest BCUT2D eigenvalue weighted by molar-refractivity contribution is 0.399. The zero-order valence-electron chi connectivity index (χ0n) is 9.35. The van der Waals surface area contributed by atoms with Gasteiger partial charge in [0.15, 0.2) is 0 Å². The minimum atomic E-state index is -0.204. The van der Waals surface area contributed by atoms with Gasteiger partial charge >= 0.3 is 0 Å². The number of benzene rings is 1. The van der Waals surface area contributed by atoms with Crippen molar-refractivity contribution >= 4 is 15.9 Å². The summed E-state index contributed by atoms with van der Waals surface area (Å²) in [4.78, 5) is 0. The van der Waals surface area contributed by atoms with Crippen LogP contribution in [0.15, 0.2) is 22.7 Å². The van der Waals surface area contributed by atoms with Gasteiger partial charge in [-0.1, -0.05) is 42.3 Å². The lowest BCUT2D eigenvalue weighted by Gasteiger charge is -2.24. The molecule has 1 aromatic rings. The lowest BCUT2D eigenvalue weighted by atomic mass is 9.93. The molecule has 0 aliphatic carbocycles. The van der Waals surface area contributed by atoms with E-state index in [0.29, 0.717) is 5.92 Å². The fraction of sp³-hybridized carbons (Fsp3) is 0.500. The van der Waals surface area contributed by atoms with Gasteiger partial charge in [-0.05, 0) is 30.7 Å². The van der Waals surface area contributed by atoms with Crippen LogP contribution in [0, 0.1) is 11.7 Å². The molecule has 3 heteroatoms. The first-order valence-corrected chi connectivity index (χ1v) is 6.01. The van der Waals surface area contributed by atoms with Gasteiger partial charge in [0.2, 0.25) is 0 Å². The predicted molar refractivity (Wildman–Crippen MR) is 65.4 cm³/mol. The summed E-state index contributed by atoms with van der Waals surface area (Å²) in [5.41, 5.74) is 1.12. The van der Waals surface area contributed by atoms with Crippen molar-refractivity contribution in [1.82, 2.24) is 5.32 Å². The Hall–Kier alpha value is -0.410. The Balaban J connectivity index is 3.01. The van der Waals surface area contributed by atoms with Crippen molar-refractivity contribution in [2.45, 2.75) is 26.3 Å². The molecule has 2 unspecified atom stereocenters. The fourth-order valence-corrected chi connectivity index (χ4v) is 2.33. The van der Waals surface area contributed by atoms with Crippen LogP contribution in [0.25, 0.3) is 0 Å². The number of hydrogen-bond acceptors (Lipinski definition) is 1. The summed E-state index contributed by atoms with van der Waals surface area (Å²) in [7, 11) is 1.94. The Morgan fingerprint density at radius 3 is 2.60 bits per heavy atom. The van der Waals surface area contributed by atoms with E-state index < -0.39 is 0 Å². The fourth-order valence-electron chi connectivity index (χ4n) is 1.74. The highest BCUT2D eigenvalue weighted by Gasteiger charge is 2.18. The third-order valence-electron chi connectivity index (χ3n) is 2.82. The van der Waals surface area contributed by atoms with Crippen molar-refractivity contribution in [3.63, 3.8) is 0 Å². The molecule has 1 nitrogen and oxygen atoms in total. The van der Waals surface area contributed by atoms with Crippen LogP contribution in [0.4, 0.5) is 4.39 Å². The van der Waals surface area contributed by atoms with E-state index in [1.165, 1.54) is 12.1 Å². The van der Waals surface area contributed by atoms with Crippen LogP contribution in [0.2, 0.25) is 0 Å². The zero-order valence-corrected chi connectivity index (χ0v) is 10.9. The normalized spacial score (nSPS) is 15.0. The number of rotatable bonds is 4. The van der Waals surface area contributed by atoms with Gasteiger partial charge in [0.1, 0.15) is 5.82 Å². The quantitative estimate of drug-likeness (QED) is 0.878. The minimum Gasteiger partial charge on any atom is -0.313 e. The molecule has 0 aliphatic rings. The third-order valence-corrected chi connectivity index (χ3v) is 3.51. The highest BCUT2D eigenvalue weighted by atomic mass is 79.9. The van der Waals surface area contributed by atoms with Crippen LogP contribution < -0.4 is 5.32 Å². The molecule has 0 radical (unpaired) electrons. The summed E-state index contributed by atoms with van der Waals surface area (Å²) in [5.74, 6) is 0.321. The standard InChI is InChI=1S/C12H17BrFN/c1-4-8(2)12(15-3)10-6-5-9(14)7-11(10)13/h5-8,12,15H,4H2,1-3H3. The maximum Gasteiger partial charge on any atom is 0.124 e. The molecule has 0 saturated heterocycles. The summed E-state index contributed by atoms with van der Waals surface area (Å²) in [5, 5.41) is 3.28.